The maximum absolute atomic E-state index is 13.9. The molecule has 0 aliphatic carbocycles. The molecule has 0 aromatic heterocycles. The van der Waals surface area contributed by atoms with Crippen molar-refractivity contribution >= 4 is 11.8 Å². The van der Waals surface area contributed by atoms with Crippen LogP contribution in [0.25, 0.3) is 0 Å². The van der Waals surface area contributed by atoms with E-state index in [2.05, 4.69) is 5.32 Å². The number of ether oxygens (including phenoxy) is 1. The molecular formula is C24H31FN2O3. The van der Waals surface area contributed by atoms with Crippen LogP contribution in [0.15, 0.2) is 48.5 Å². The summed E-state index contributed by atoms with van der Waals surface area (Å²) < 4.78 is 19.3. The van der Waals surface area contributed by atoms with Gasteiger partial charge >= 0.3 is 0 Å². The highest BCUT2D eigenvalue weighted by Crippen LogP contribution is 2.17. The third-order valence-electron chi connectivity index (χ3n) is 5.01. The Morgan fingerprint density at radius 3 is 2.47 bits per heavy atom. The molecule has 1 N–H and O–H groups in total. The normalized spacial score (nSPS) is 12.7. The molecule has 0 saturated carbocycles. The smallest absolute Gasteiger partial charge is 0.261 e. The number of nitrogens with one attached hydrogen (secondary N) is 1. The van der Waals surface area contributed by atoms with Gasteiger partial charge in [-0.2, -0.15) is 0 Å². The van der Waals surface area contributed by atoms with Crippen molar-refractivity contribution in [2.45, 2.75) is 59.2 Å². The van der Waals surface area contributed by atoms with Crippen molar-refractivity contribution in [2.24, 2.45) is 0 Å². The van der Waals surface area contributed by atoms with Crippen molar-refractivity contribution < 1.29 is 18.7 Å². The lowest BCUT2D eigenvalue weighted by molar-refractivity contribution is -0.143. The highest BCUT2D eigenvalue weighted by atomic mass is 19.1. The van der Waals surface area contributed by atoms with E-state index in [-0.39, 0.29) is 36.8 Å². The number of amides is 2. The first-order chi connectivity index (χ1) is 14.3. The Hall–Kier alpha value is -2.89. The molecule has 0 unspecified atom stereocenters. The van der Waals surface area contributed by atoms with E-state index in [4.69, 9.17) is 4.74 Å². The molecule has 0 fully saturated rings. The van der Waals surface area contributed by atoms with Crippen molar-refractivity contribution in [3.8, 4) is 5.75 Å². The average molecular weight is 415 g/mol. The Bertz CT molecular complexity index is 856. The minimum atomic E-state index is -0.642. The van der Waals surface area contributed by atoms with Gasteiger partial charge in [-0.1, -0.05) is 55.8 Å². The summed E-state index contributed by atoms with van der Waals surface area (Å²) >= 11 is 0. The Kier molecular flexibility index (Phi) is 8.84. The van der Waals surface area contributed by atoms with Crippen LogP contribution in [-0.4, -0.2) is 35.4 Å². The van der Waals surface area contributed by atoms with Crippen LogP contribution in [0.3, 0.4) is 0 Å². The second kappa shape index (κ2) is 11.3. The first-order valence-electron chi connectivity index (χ1n) is 10.4. The molecule has 0 aliphatic rings. The van der Waals surface area contributed by atoms with Gasteiger partial charge in [-0.3, -0.25) is 9.59 Å². The third-order valence-corrected chi connectivity index (χ3v) is 5.01. The highest BCUT2D eigenvalue weighted by molar-refractivity contribution is 5.88. The zero-order chi connectivity index (χ0) is 22.1. The standard InChI is InChI=1S/C24H31FN2O3/c1-5-18(4)26-24(29)21(6-2)27(15-19-11-9-10-17(3)14-19)23(28)16-30-22-13-8-7-12-20(22)25/h7-14,18,21H,5-6,15-16H2,1-4H3,(H,26,29)/t18-,21+/m1/s1. The first kappa shape index (κ1) is 23.4. The summed E-state index contributed by atoms with van der Waals surface area (Å²) in [5, 5.41) is 2.96. The molecule has 2 amide bonds. The largest absolute Gasteiger partial charge is 0.481 e. The zero-order valence-corrected chi connectivity index (χ0v) is 18.2. The minimum Gasteiger partial charge on any atom is -0.481 e. The minimum absolute atomic E-state index is 0.0112. The van der Waals surface area contributed by atoms with Crippen LogP contribution < -0.4 is 10.1 Å². The molecule has 6 heteroatoms. The van der Waals surface area contributed by atoms with Crippen LogP contribution in [0.1, 0.15) is 44.7 Å². The van der Waals surface area contributed by atoms with E-state index in [1.165, 1.54) is 17.0 Å². The van der Waals surface area contributed by atoms with Crippen LogP contribution in [0.5, 0.6) is 5.75 Å². The molecule has 0 spiro atoms. The summed E-state index contributed by atoms with van der Waals surface area (Å²) in [5.74, 6) is -1.08. The number of hydrogen-bond donors (Lipinski definition) is 1. The van der Waals surface area contributed by atoms with Crippen LogP contribution in [-0.2, 0) is 16.1 Å². The summed E-state index contributed by atoms with van der Waals surface area (Å²) in [6, 6.07) is 13.1. The Morgan fingerprint density at radius 2 is 1.83 bits per heavy atom. The summed E-state index contributed by atoms with van der Waals surface area (Å²) in [6.45, 7) is 7.69. The number of benzene rings is 2. The molecule has 2 rings (SSSR count). The lowest BCUT2D eigenvalue weighted by atomic mass is 10.1. The van der Waals surface area contributed by atoms with E-state index in [1.54, 1.807) is 12.1 Å². The SMILES string of the molecule is CC[C@@H](C)NC(=O)[C@H](CC)N(Cc1cccc(C)c1)C(=O)COc1ccccc1F. The van der Waals surface area contributed by atoms with Gasteiger partial charge in [0.1, 0.15) is 6.04 Å². The predicted octanol–water partition coefficient (Wildman–Crippen LogP) is 4.24. The van der Waals surface area contributed by atoms with Crippen molar-refractivity contribution in [3.63, 3.8) is 0 Å². The van der Waals surface area contributed by atoms with Gasteiger partial charge in [0, 0.05) is 12.6 Å². The van der Waals surface area contributed by atoms with Gasteiger partial charge in [-0.25, -0.2) is 4.39 Å². The molecule has 30 heavy (non-hydrogen) atoms. The number of nitrogens with zero attached hydrogens (tertiary/aromatic N) is 1. The summed E-state index contributed by atoms with van der Waals surface area (Å²) in [6.07, 6.45) is 1.25. The number of rotatable bonds is 10. The molecule has 0 aliphatic heterocycles. The van der Waals surface area contributed by atoms with Gasteiger partial charge in [0.2, 0.25) is 5.91 Å². The number of aryl methyl sites for hydroxylation is 1. The molecule has 2 atom stereocenters. The topological polar surface area (TPSA) is 58.6 Å². The fourth-order valence-electron chi connectivity index (χ4n) is 3.15. The van der Waals surface area contributed by atoms with Crippen molar-refractivity contribution in [1.82, 2.24) is 10.2 Å². The number of carbonyl (C=O) groups is 2. The number of carbonyl (C=O) groups excluding carboxylic acids is 2. The quantitative estimate of drug-likeness (QED) is 0.633. The number of halogens is 1. The maximum Gasteiger partial charge on any atom is 0.261 e. The van der Waals surface area contributed by atoms with Crippen LogP contribution in [0.2, 0.25) is 0 Å². The van der Waals surface area contributed by atoms with Crippen molar-refractivity contribution in [3.05, 3.63) is 65.5 Å². The highest BCUT2D eigenvalue weighted by Gasteiger charge is 2.29. The second-order valence-corrected chi connectivity index (χ2v) is 7.47. The monoisotopic (exact) mass is 414 g/mol. The molecule has 0 heterocycles. The van der Waals surface area contributed by atoms with E-state index in [0.717, 1.165) is 17.5 Å². The van der Waals surface area contributed by atoms with E-state index in [1.807, 2.05) is 52.0 Å². The fourth-order valence-corrected chi connectivity index (χ4v) is 3.15. The molecule has 0 bridgehead atoms. The van der Waals surface area contributed by atoms with E-state index >= 15 is 0 Å². The number of hydrogen-bond acceptors (Lipinski definition) is 3. The Balaban J connectivity index is 2.23. The molecule has 2 aromatic rings. The van der Waals surface area contributed by atoms with Gasteiger partial charge in [-0.15, -0.1) is 0 Å². The maximum atomic E-state index is 13.9. The molecule has 0 radical (unpaired) electrons. The fraction of sp³-hybridized carbons (Fsp3) is 0.417. The van der Waals surface area contributed by atoms with E-state index in [9.17, 15) is 14.0 Å². The third kappa shape index (κ3) is 6.58. The molecule has 162 valence electrons. The van der Waals surface area contributed by atoms with Crippen molar-refractivity contribution in [1.29, 1.82) is 0 Å². The molecule has 5 nitrogen and oxygen atoms in total. The molecule has 0 saturated heterocycles. The summed E-state index contributed by atoms with van der Waals surface area (Å²) in [4.78, 5) is 27.5. The van der Waals surface area contributed by atoms with Crippen LogP contribution >= 0.6 is 0 Å². The van der Waals surface area contributed by atoms with Gasteiger partial charge < -0.3 is 15.0 Å². The lowest BCUT2D eigenvalue weighted by Gasteiger charge is -2.31. The van der Waals surface area contributed by atoms with Crippen LogP contribution in [0, 0.1) is 12.7 Å². The Labute approximate surface area is 178 Å². The number of para-hydroxylation sites is 1. The predicted molar refractivity (Wildman–Crippen MR) is 116 cm³/mol. The van der Waals surface area contributed by atoms with Gasteiger partial charge in [0.25, 0.3) is 5.91 Å². The second-order valence-electron chi connectivity index (χ2n) is 7.47. The van der Waals surface area contributed by atoms with Gasteiger partial charge in [-0.05, 0) is 44.4 Å². The first-order valence-corrected chi connectivity index (χ1v) is 10.4. The van der Waals surface area contributed by atoms with Gasteiger partial charge in [0.05, 0.1) is 0 Å². The molecule has 2 aromatic carbocycles. The summed E-state index contributed by atoms with van der Waals surface area (Å²) in [7, 11) is 0. The van der Waals surface area contributed by atoms with E-state index < -0.39 is 11.9 Å². The Morgan fingerprint density at radius 1 is 1.10 bits per heavy atom. The van der Waals surface area contributed by atoms with E-state index in [0.29, 0.717) is 6.42 Å². The molecular weight excluding hydrogens is 383 g/mol. The van der Waals surface area contributed by atoms with Crippen molar-refractivity contribution in [2.75, 3.05) is 6.61 Å². The lowest BCUT2D eigenvalue weighted by Crippen LogP contribution is -2.51. The van der Waals surface area contributed by atoms with Gasteiger partial charge in [0.15, 0.2) is 18.2 Å². The summed E-state index contributed by atoms with van der Waals surface area (Å²) in [5.41, 5.74) is 1.99. The average Bonchev–Trinajstić information content (AvgIpc) is 2.72. The zero-order valence-electron chi connectivity index (χ0n) is 18.2. The van der Waals surface area contributed by atoms with Crippen LogP contribution in [0.4, 0.5) is 4.39 Å².